The third-order valence-electron chi connectivity index (χ3n) is 4.41. The van der Waals surface area contributed by atoms with Gasteiger partial charge in [-0.3, -0.25) is 0 Å². The van der Waals surface area contributed by atoms with Crippen molar-refractivity contribution in [1.29, 1.82) is 0 Å². The second-order valence-corrected chi connectivity index (χ2v) is 5.50. The number of hydrogen-bond acceptors (Lipinski definition) is 3. The molecule has 3 nitrogen and oxygen atoms in total. The SMILES string of the molecule is CCC(N)(CC)c1nccc(C2CCCCC2)n1. The van der Waals surface area contributed by atoms with Gasteiger partial charge < -0.3 is 5.73 Å². The monoisotopic (exact) mass is 247 g/mol. The van der Waals surface area contributed by atoms with Crippen LogP contribution in [0.3, 0.4) is 0 Å². The van der Waals surface area contributed by atoms with E-state index < -0.39 is 0 Å². The molecule has 1 aliphatic rings. The summed E-state index contributed by atoms with van der Waals surface area (Å²) in [5, 5.41) is 0. The van der Waals surface area contributed by atoms with E-state index in [0.717, 1.165) is 18.7 Å². The van der Waals surface area contributed by atoms with E-state index in [-0.39, 0.29) is 5.54 Å². The molecule has 0 unspecified atom stereocenters. The summed E-state index contributed by atoms with van der Waals surface area (Å²) in [6.07, 6.45) is 10.2. The first-order chi connectivity index (χ1) is 8.69. The molecule has 0 radical (unpaired) electrons. The first kappa shape index (κ1) is 13.5. The Kier molecular flexibility index (Phi) is 4.33. The van der Waals surface area contributed by atoms with Gasteiger partial charge in [0.2, 0.25) is 0 Å². The fourth-order valence-electron chi connectivity index (χ4n) is 2.80. The average Bonchev–Trinajstić information content (AvgIpc) is 2.47. The van der Waals surface area contributed by atoms with Crippen molar-refractivity contribution in [2.24, 2.45) is 5.73 Å². The van der Waals surface area contributed by atoms with Crippen LogP contribution in [0, 0.1) is 0 Å². The minimum absolute atomic E-state index is 0.356. The topological polar surface area (TPSA) is 51.8 Å². The lowest BCUT2D eigenvalue weighted by molar-refractivity contribution is 0.379. The molecule has 3 heteroatoms. The summed E-state index contributed by atoms with van der Waals surface area (Å²) in [6, 6.07) is 2.07. The van der Waals surface area contributed by atoms with Crippen molar-refractivity contribution in [3.63, 3.8) is 0 Å². The molecule has 0 spiro atoms. The normalized spacial score (nSPS) is 17.9. The molecule has 1 heterocycles. The average molecular weight is 247 g/mol. The van der Waals surface area contributed by atoms with Crippen LogP contribution >= 0.6 is 0 Å². The molecule has 0 aromatic carbocycles. The number of hydrogen-bond donors (Lipinski definition) is 1. The Morgan fingerprint density at radius 3 is 2.50 bits per heavy atom. The molecule has 100 valence electrons. The van der Waals surface area contributed by atoms with Crippen LogP contribution < -0.4 is 5.73 Å². The highest BCUT2D eigenvalue weighted by Crippen LogP contribution is 2.32. The van der Waals surface area contributed by atoms with E-state index in [2.05, 4.69) is 24.9 Å². The first-order valence-electron chi connectivity index (χ1n) is 7.32. The maximum Gasteiger partial charge on any atom is 0.148 e. The predicted octanol–water partition coefficient (Wildman–Crippen LogP) is 3.50. The highest BCUT2D eigenvalue weighted by molar-refractivity contribution is 5.13. The maximum atomic E-state index is 6.39. The maximum absolute atomic E-state index is 6.39. The molecule has 0 bridgehead atoms. The molecule has 1 aliphatic carbocycles. The first-order valence-corrected chi connectivity index (χ1v) is 7.32. The Labute approximate surface area is 110 Å². The number of nitrogens with two attached hydrogens (primary N) is 1. The third-order valence-corrected chi connectivity index (χ3v) is 4.41. The molecular formula is C15H25N3. The molecular weight excluding hydrogens is 222 g/mol. The van der Waals surface area contributed by atoms with Crippen molar-refractivity contribution in [1.82, 2.24) is 9.97 Å². The lowest BCUT2D eigenvalue weighted by atomic mass is 9.86. The van der Waals surface area contributed by atoms with Gasteiger partial charge in [-0.2, -0.15) is 0 Å². The van der Waals surface area contributed by atoms with Crippen molar-refractivity contribution in [3.05, 3.63) is 23.8 Å². The van der Waals surface area contributed by atoms with Crippen LogP contribution in [-0.2, 0) is 5.54 Å². The zero-order valence-electron chi connectivity index (χ0n) is 11.7. The van der Waals surface area contributed by atoms with E-state index >= 15 is 0 Å². The highest BCUT2D eigenvalue weighted by Gasteiger charge is 2.27. The van der Waals surface area contributed by atoms with Gasteiger partial charge >= 0.3 is 0 Å². The highest BCUT2D eigenvalue weighted by atomic mass is 15.0. The van der Waals surface area contributed by atoms with Gasteiger partial charge in [-0.1, -0.05) is 33.1 Å². The van der Waals surface area contributed by atoms with Crippen molar-refractivity contribution in [3.8, 4) is 0 Å². The number of rotatable bonds is 4. The summed E-state index contributed by atoms with van der Waals surface area (Å²) in [4.78, 5) is 9.19. The Morgan fingerprint density at radius 2 is 1.89 bits per heavy atom. The second-order valence-electron chi connectivity index (χ2n) is 5.50. The van der Waals surface area contributed by atoms with Crippen molar-refractivity contribution < 1.29 is 0 Å². The molecule has 1 aromatic rings. The standard InChI is InChI=1S/C15H25N3/c1-3-15(16,4-2)14-17-11-10-13(18-14)12-8-6-5-7-9-12/h10-12H,3-9,16H2,1-2H3. The number of nitrogens with zero attached hydrogens (tertiary/aromatic N) is 2. The van der Waals surface area contributed by atoms with Crippen molar-refractivity contribution in [2.75, 3.05) is 0 Å². The van der Waals surface area contributed by atoms with Crippen molar-refractivity contribution in [2.45, 2.75) is 70.3 Å². The molecule has 2 rings (SSSR count). The molecule has 2 N–H and O–H groups in total. The van der Waals surface area contributed by atoms with Gasteiger partial charge in [0.05, 0.1) is 5.54 Å². The van der Waals surface area contributed by atoms with Crippen LogP contribution in [0.5, 0.6) is 0 Å². The predicted molar refractivity (Wildman–Crippen MR) is 74.3 cm³/mol. The molecule has 0 aliphatic heterocycles. The fourth-order valence-corrected chi connectivity index (χ4v) is 2.80. The molecule has 0 amide bonds. The van der Waals surface area contributed by atoms with Gasteiger partial charge in [-0.05, 0) is 31.7 Å². The van der Waals surface area contributed by atoms with Gasteiger partial charge in [0.15, 0.2) is 0 Å². The molecule has 1 saturated carbocycles. The van der Waals surface area contributed by atoms with E-state index in [1.54, 1.807) is 0 Å². The van der Waals surface area contributed by atoms with E-state index in [1.165, 1.54) is 37.8 Å². The van der Waals surface area contributed by atoms with E-state index in [1.807, 2.05) is 6.20 Å². The number of aromatic nitrogens is 2. The largest absolute Gasteiger partial charge is 0.319 e. The Balaban J connectivity index is 2.23. The third kappa shape index (κ3) is 2.72. The second kappa shape index (κ2) is 5.79. The zero-order chi connectivity index (χ0) is 13.0. The molecule has 0 saturated heterocycles. The fraction of sp³-hybridized carbons (Fsp3) is 0.733. The minimum atomic E-state index is -0.356. The lowest BCUT2D eigenvalue weighted by Gasteiger charge is -2.27. The molecule has 1 aromatic heterocycles. The van der Waals surface area contributed by atoms with Crippen molar-refractivity contribution >= 4 is 0 Å². The lowest BCUT2D eigenvalue weighted by Crippen LogP contribution is -2.37. The zero-order valence-corrected chi connectivity index (χ0v) is 11.7. The Bertz CT molecular complexity index is 379. The van der Waals surface area contributed by atoms with Crippen LogP contribution in [0.2, 0.25) is 0 Å². The summed E-state index contributed by atoms with van der Waals surface area (Å²) in [7, 11) is 0. The molecule has 0 atom stereocenters. The summed E-state index contributed by atoms with van der Waals surface area (Å²) >= 11 is 0. The quantitative estimate of drug-likeness (QED) is 0.886. The van der Waals surface area contributed by atoms with Crippen LogP contribution in [0.1, 0.15) is 76.2 Å². The minimum Gasteiger partial charge on any atom is -0.319 e. The van der Waals surface area contributed by atoms with Crippen LogP contribution in [0.15, 0.2) is 12.3 Å². The van der Waals surface area contributed by atoms with Gasteiger partial charge in [-0.15, -0.1) is 0 Å². The van der Waals surface area contributed by atoms with Crippen LogP contribution in [0.25, 0.3) is 0 Å². The smallest absolute Gasteiger partial charge is 0.148 e. The van der Waals surface area contributed by atoms with Gasteiger partial charge in [0, 0.05) is 17.8 Å². The molecule has 18 heavy (non-hydrogen) atoms. The van der Waals surface area contributed by atoms with Gasteiger partial charge in [-0.25, -0.2) is 9.97 Å². The van der Waals surface area contributed by atoms with E-state index in [0.29, 0.717) is 5.92 Å². The van der Waals surface area contributed by atoms with E-state index in [4.69, 9.17) is 10.7 Å². The summed E-state index contributed by atoms with van der Waals surface area (Å²) in [5.74, 6) is 1.45. The van der Waals surface area contributed by atoms with Crippen LogP contribution in [-0.4, -0.2) is 9.97 Å². The Morgan fingerprint density at radius 1 is 1.22 bits per heavy atom. The van der Waals surface area contributed by atoms with E-state index in [9.17, 15) is 0 Å². The van der Waals surface area contributed by atoms with Gasteiger partial charge in [0.1, 0.15) is 5.82 Å². The summed E-state index contributed by atoms with van der Waals surface area (Å²) < 4.78 is 0. The van der Waals surface area contributed by atoms with Gasteiger partial charge in [0.25, 0.3) is 0 Å². The summed E-state index contributed by atoms with van der Waals surface area (Å²) in [6.45, 7) is 4.22. The van der Waals surface area contributed by atoms with Crippen LogP contribution in [0.4, 0.5) is 0 Å². The Hall–Kier alpha value is -0.960. The summed E-state index contributed by atoms with van der Waals surface area (Å²) in [5.41, 5.74) is 7.24. The molecule has 1 fully saturated rings.